The maximum absolute atomic E-state index is 12.6. The number of guanidine groups is 1. The van der Waals surface area contributed by atoms with Gasteiger partial charge in [-0.1, -0.05) is 18.2 Å². The minimum Gasteiger partial charge on any atom is -0.370 e. The van der Waals surface area contributed by atoms with E-state index < -0.39 is 0 Å². The molecule has 2 aromatic carbocycles. The van der Waals surface area contributed by atoms with Crippen molar-refractivity contribution in [3.05, 3.63) is 59.2 Å². The molecule has 1 amide bonds. The van der Waals surface area contributed by atoms with Gasteiger partial charge >= 0.3 is 0 Å². The number of aryl methyl sites for hydroxylation is 1. The number of piperazine rings is 1. The maximum atomic E-state index is 12.6. The highest BCUT2D eigenvalue weighted by atomic mass is 16.1. The highest BCUT2D eigenvalue weighted by Crippen LogP contribution is 2.24. The van der Waals surface area contributed by atoms with Crippen molar-refractivity contribution in [2.24, 2.45) is 16.5 Å². The Hall–Kier alpha value is -2.90. The molecule has 7 heteroatoms. The number of hydrogen-bond acceptors (Lipinski definition) is 4. The lowest BCUT2D eigenvalue weighted by Gasteiger charge is -2.33. The van der Waals surface area contributed by atoms with Crippen molar-refractivity contribution >= 4 is 23.2 Å². The van der Waals surface area contributed by atoms with Crippen LogP contribution in [0.2, 0.25) is 0 Å². The highest BCUT2D eigenvalue weighted by Gasteiger charge is 2.18. The molecule has 28 heavy (non-hydrogen) atoms. The Labute approximate surface area is 165 Å². The summed E-state index contributed by atoms with van der Waals surface area (Å²) in [5.41, 5.74) is 15.0. The van der Waals surface area contributed by atoms with E-state index in [-0.39, 0.29) is 11.9 Å². The van der Waals surface area contributed by atoms with Crippen LogP contribution in [0.15, 0.2) is 47.5 Å². The Balaban J connectivity index is 1.69. The van der Waals surface area contributed by atoms with Gasteiger partial charge in [0.15, 0.2) is 5.96 Å². The third-order valence-electron chi connectivity index (χ3n) is 5.07. The molecule has 0 saturated carbocycles. The fourth-order valence-electron chi connectivity index (χ4n) is 3.34. The summed E-state index contributed by atoms with van der Waals surface area (Å²) in [6, 6.07) is 13.6. The zero-order valence-corrected chi connectivity index (χ0v) is 16.4. The quantitative estimate of drug-likeness (QED) is 0.469. The third-order valence-corrected chi connectivity index (χ3v) is 5.07. The van der Waals surface area contributed by atoms with E-state index >= 15 is 0 Å². The molecule has 2 aromatic rings. The van der Waals surface area contributed by atoms with Crippen LogP contribution in [0.25, 0.3) is 0 Å². The largest absolute Gasteiger partial charge is 0.370 e. The number of hydrogen-bond donors (Lipinski definition) is 4. The van der Waals surface area contributed by atoms with Gasteiger partial charge in [0, 0.05) is 43.5 Å². The molecular formula is C21H28N6O. The fraction of sp³-hybridized carbons (Fsp3) is 0.333. The minimum atomic E-state index is -0.166. The Morgan fingerprint density at radius 3 is 2.46 bits per heavy atom. The topological polar surface area (TPSA) is 109 Å². The van der Waals surface area contributed by atoms with Crippen LogP contribution in [0.1, 0.15) is 34.5 Å². The molecule has 6 N–H and O–H groups in total. The van der Waals surface area contributed by atoms with Crippen molar-refractivity contribution in [2.45, 2.75) is 19.9 Å². The van der Waals surface area contributed by atoms with E-state index in [1.807, 2.05) is 43.3 Å². The second-order valence-corrected chi connectivity index (χ2v) is 7.08. The molecular weight excluding hydrogens is 352 g/mol. The van der Waals surface area contributed by atoms with Gasteiger partial charge in [0.05, 0.1) is 5.69 Å². The molecule has 0 bridgehead atoms. The summed E-state index contributed by atoms with van der Waals surface area (Å²) in [4.78, 5) is 19.1. The zero-order valence-electron chi connectivity index (χ0n) is 16.4. The van der Waals surface area contributed by atoms with E-state index in [1.54, 1.807) is 6.07 Å². The number of nitrogens with two attached hydrogens (primary N) is 2. The van der Waals surface area contributed by atoms with Crippen LogP contribution in [-0.4, -0.2) is 42.9 Å². The predicted octanol–water partition coefficient (Wildman–Crippen LogP) is 2.12. The Morgan fingerprint density at radius 1 is 1.14 bits per heavy atom. The first-order valence-electron chi connectivity index (χ1n) is 9.50. The predicted molar refractivity (Wildman–Crippen MR) is 114 cm³/mol. The van der Waals surface area contributed by atoms with Gasteiger partial charge in [-0.15, -0.1) is 0 Å². The van der Waals surface area contributed by atoms with Crippen LogP contribution >= 0.6 is 0 Å². The number of amides is 1. The van der Waals surface area contributed by atoms with E-state index in [0.717, 1.165) is 31.7 Å². The number of carbonyl (C=O) groups excluding carboxylic acids is 1. The first-order valence-corrected chi connectivity index (χ1v) is 9.50. The van der Waals surface area contributed by atoms with Crippen LogP contribution in [-0.2, 0) is 0 Å². The standard InChI is InChI=1S/C21H28N6O/c1-14-3-8-18(13-19(14)26-21(22)23)25-20(28)17-6-4-16(5-7-17)15(2)27-11-9-24-10-12-27/h3-8,13,15,24H,9-12H2,1-2H3,(H,25,28)(H4,22,23,26). The SMILES string of the molecule is Cc1ccc(NC(=O)c2ccc(C(C)N3CCNCC3)cc2)cc1N=C(N)N. The molecule has 0 aliphatic carbocycles. The van der Waals surface area contributed by atoms with Gasteiger partial charge in [-0.2, -0.15) is 0 Å². The van der Waals surface area contributed by atoms with E-state index in [1.165, 1.54) is 5.56 Å². The number of rotatable bonds is 5. The van der Waals surface area contributed by atoms with Crippen molar-refractivity contribution < 1.29 is 4.79 Å². The molecule has 1 aliphatic heterocycles. The van der Waals surface area contributed by atoms with E-state index in [2.05, 4.69) is 27.4 Å². The second-order valence-electron chi connectivity index (χ2n) is 7.08. The molecule has 0 radical (unpaired) electrons. The Kier molecular flexibility index (Phi) is 6.28. The zero-order chi connectivity index (χ0) is 20.1. The molecule has 1 aliphatic rings. The summed E-state index contributed by atoms with van der Waals surface area (Å²) < 4.78 is 0. The molecule has 1 fully saturated rings. The number of anilines is 1. The average Bonchev–Trinajstić information content (AvgIpc) is 2.70. The molecule has 7 nitrogen and oxygen atoms in total. The lowest BCUT2D eigenvalue weighted by molar-refractivity contribution is 0.102. The minimum absolute atomic E-state index is 0.0132. The van der Waals surface area contributed by atoms with Crippen molar-refractivity contribution in [3.63, 3.8) is 0 Å². The maximum Gasteiger partial charge on any atom is 0.255 e. The van der Waals surface area contributed by atoms with Crippen molar-refractivity contribution in [3.8, 4) is 0 Å². The van der Waals surface area contributed by atoms with Crippen LogP contribution in [0, 0.1) is 6.92 Å². The van der Waals surface area contributed by atoms with Gasteiger partial charge in [-0.25, -0.2) is 4.99 Å². The van der Waals surface area contributed by atoms with E-state index in [0.29, 0.717) is 23.0 Å². The smallest absolute Gasteiger partial charge is 0.255 e. The monoisotopic (exact) mass is 380 g/mol. The lowest BCUT2D eigenvalue weighted by atomic mass is 10.0. The van der Waals surface area contributed by atoms with Gasteiger partial charge in [-0.05, 0) is 49.2 Å². The molecule has 1 atom stereocenters. The molecule has 148 valence electrons. The molecule has 0 aromatic heterocycles. The fourth-order valence-corrected chi connectivity index (χ4v) is 3.34. The van der Waals surface area contributed by atoms with Gasteiger partial charge in [0.25, 0.3) is 5.91 Å². The summed E-state index contributed by atoms with van der Waals surface area (Å²) >= 11 is 0. The van der Waals surface area contributed by atoms with E-state index in [9.17, 15) is 4.79 Å². The molecule has 1 heterocycles. The molecule has 3 rings (SSSR count). The number of nitrogens with zero attached hydrogens (tertiary/aromatic N) is 2. The van der Waals surface area contributed by atoms with Gasteiger partial charge in [0.2, 0.25) is 0 Å². The van der Waals surface area contributed by atoms with E-state index in [4.69, 9.17) is 11.5 Å². The molecule has 0 spiro atoms. The van der Waals surface area contributed by atoms with Crippen LogP contribution < -0.4 is 22.1 Å². The lowest BCUT2D eigenvalue weighted by Crippen LogP contribution is -2.44. The summed E-state index contributed by atoms with van der Waals surface area (Å²) in [6.45, 7) is 8.22. The number of benzene rings is 2. The number of aliphatic imine (C=N–C) groups is 1. The van der Waals surface area contributed by atoms with Crippen molar-refractivity contribution in [1.29, 1.82) is 0 Å². The van der Waals surface area contributed by atoms with Gasteiger partial charge in [-0.3, -0.25) is 9.69 Å². The average molecular weight is 380 g/mol. The summed E-state index contributed by atoms with van der Waals surface area (Å²) in [6.07, 6.45) is 0. The summed E-state index contributed by atoms with van der Waals surface area (Å²) in [5, 5.41) is 6.27. The normalized spacial score (nSPS) is 15.6. The van der Waals surface area contributed by atoms with Crippen LogP contribution in [0.4, 0.5) is 11.4 Å². The first-order chi connectivity index (χ1) is 13.4. The van der Waals surface area contributed by atoms with Gasteiger partial charge in [0.1, 0.15) is 0 Å². The Bertz CT molecular complexity index is 852. The van der Waals surface area contributed by atoms with Crippen molar-refractivity contribution in [2.75, 3.05) is 31.5 Å². The van der Waals surface area contributed by atoms with Crippen LogP contribution in [0.3, 0.4) is 0 Å². The molecule has 1 saturated heterocycles. The number of carbonyl (C=O) groups is 1. The third kappa shape index (κ3) is 4.88. The second kappa shape index (κ2) is 8.86. The molecule has 1 unspecified atom stereocenters. The first kappa shape index (κ1) is 19.9. The number of nitrogens with one attached hydrogen (secondary N) is 2. The summed E-state index contributed by atoms with van der Waals surface area (Å²) in [5.74, 6) is -0.179. The van der Waals surface area contributed by atoms with Crippen molar-refractivity contribution in [1.82, 2.24) is 10.2 Å². The van der Waals surface area contributed by atoms with Gasteiger partial charge < -0.3 is 22.1 Å². The summed E-state index contributed by atoms with van der Waals surface area (Å²) in [7, 11) is 0. The Morgan fingerprint density at radius 2 is 1.82 bits per heavy atom. The van der Waals surface area contributed by atoms with Crippen LogP contribution in [0.5, 0.6) is 0 Å². The highest BCUT2D eigenvalue weighted by molar-refractivity contribution is 6.04.